The highest BCUT2D eigenvalue weighted by Crippen LogP contribution is 2.43. The fraction of sp³-hybridized carbons (Fsp3) is 0.500. The van der Waals surface area contributed by atoms with Gasteiger partial charge in [-0.15, -0.1) is 0 Å². The second-order valence-corrected chi connectivity index (χ2v) is 9.46. The number of carbonyl (C=O) groups is 5. The molecule has 0 aromatic heterocycles. The van der Waals surface area contributed by atoms with Gasteiger partial charge in [0, 0.05) is 0 Å². The molecule has 5 amide bonds. The van der Waals surface area contributed by atoms with Gasteiger partial charge in [-0.3, -0.25) is 19.3 Å². The second kappa shape index (κ2) is 7.18. The van der Waals surface area contributed by atoms with Crippen molar-refractivity contribution in [3.05, 3.63) is 35.4 Å². The van der Waals surface area contributed by atoms with E-state index in [1.165, 1.54) is 12.1 Å². The summed E-state index contributed by atoms with van der Waals surface area (Å²) < 4.78 is 0. The molecule has 0 unspecified atom stereocenters. The molecular formula is C22H25N3O6. The molecule has 1 spiro atoms. The monoisotopic (exact) mass is 427 g/mol. The first kappa shape index (κ1) is 21.0. The summed E-state index contributed by atoms with van der Waals surface area (Å²) in [5.74, 6) is -2.59. The van der Waals surface area contributed by atoms with Gasteiger partial charge in [-0.2, -0.15) is 0 Å². The van der Waals surface area contributed by atoms with E-state index in [0.29, 0.717) is 23.8 Å². The number of amides is 5. The zero-order valence-electron chi connectivity index (χ0n) is 17.8. The maximum absolute atomic E-state index is 13.0. The third kappa shape index (κ3) is 3.47. The molecule has 31 heavy (non-hydrogen) atoms. The number of hydrogen-bond acceptors (Lipinski definition) is 6. The van der Waals surface area contributed by atoms with Crippen LogP contribution in [0.1, 0.15) is 67.2 Å². The second-order valence-electron chi connectivity index (χ2n) is 9.46. The molecule has 2 heterocycles. The first-order chi connectivity index (χ1) is 14.5. The molecule has 2 fully saturated rings. The van der Waals surface area contributed by atoms with Gasteiger partial charge in [0.05, 0.1) is 11.1 Å². The third-order valence-electron chi connectivity index (χ3n) is 6.55. The topological polar surface area (TPSA) is 113 Å². The highest BCUT2D eigenvalue weighted by Gasteiger charge is 2.54. The number of imide groups is 2. The lowest BCUT2D eigenvalue weighted by Gasteiger charge is -2.40. The van der Waals surface area contributed by atoms with E-state index in [2.05, 4.69) is 26.1 Å². The molecule has 1 aromatic carbocycles. The first-order valence-corrected chi connectivity index (χ1v) is 10.4. The van der Waals surface area contributed by atoms with Crippen LogP contribution in [0, 0.1) is 11.3 Å². The summed E-state index contributed by atoms with van der Waals surface area (Å²) >= 11 is 0. The molecule has 0 atom stereocenters. The molecule has 1 aliphatic carbocycles. The Bertz CT molecular complexity index is 952. The van der Waals surface area contributed by atoms with Crippen LogP contribution in [0.25, 0.3) is 0 Å². The smallest absolute Gasteiger partial charge is 0.328 e. The van der Waals surface area contributed by atoms with Crippen molar-refractivity contribution in [2.45, 2.75) is 52.0 Å². The minimum atomic E-state index is -1.04. The van der Waals surface area contributed by atoms with Gasteiger partial charge in [0.25, 0.3) is 17.7 Å². The Balaban J connectivity index is 1.41. The van der Waals surface area contributed by atoms with Gasteiger partial charge < -0.3 is 10.2 Å². The summed E-state index contributed by atoms with van der Waals surface area (Å²) in [6.45, 7) is 5.80. The van der Waals surface area contributed by atoms with Crippen LogP contribution >= 0.6 is 0 Å². The van der Waals surface area contributed by atoms with E-state index in [-0.39, 0.29) is 16.5 Å². The highest BCUT2D eigenvalue weighted by molar-refractivity contribution is 6.21. The van der Waals surface area contributed by atoms with Gasteiger partial charge >= 0.3 is 12.0 Å². The molecule has 0 radical (unpaired) electrons. The van der Waals surface area contributed by atoms with E-state index in [1.807, 2.05) is 0 Å². The van der Waals surface area contributed by atoms with E-state index in [1.54, 1.807) is 12.1 Å². The Morgan fingerprint density at radius 3 is 2.13 bits per heavy atom. The highest BCUT2D eigenvalue weighted by atomic mass is 16.7. The Morgan fingerprint density at radius 2 is 1.61 bits per heavy atom. The van der Waals surface area contributed by atoms with Gasteiger partial charge in [-0.05, 0) is 49.1 Å². The van der Waals surface area contributed by atoms with Gasteiger partial charge in [0.15, 0.2) is 0 Å². The largest absolute Gasteiger partial charge is 0.353 e. The van der Waals surface area contributed by atoms with Gasteiger partial charge in [0.2, 0.25) is 0 Å². The summed E-state index contributed by atoms with van der Waals surface area (Å²) in [5, 5.41) is 3.12. The van der Waals surface area contributed by atoms with Crippen LogP contribution in [0.2, 0.25) is 0 Å². The van der Waals surface area contributed by atoms with Crippen LogP contribution in [-0.4, -0.2) is 51.8 Å². The number of hydrogen-bond donors (Lipinski definition) is 1. The molecule has 1 aromatic rings. The number of carbonyl (C=O) groups excluding carboxylic acids is 5. The number of nitrogens with zero attached hydrogens (tertiary/aromatic N) is 2. The van der Waals surface area contributed by atoms with Crippen LogP contribution in [-0.2, 0) is 14.4 Å². The summed E-state index contributed by atoms with van der Waals surface area (Å²) in [7, 11) is 0. The SMILES string of the molecule is CC(C)(C)C1CCC2(CC1)NC(=O)N(CC(=O)ON1C(=O)c3ccccc3C1=O)C2=O. The summed E-state index contributed by atoms with van der Waals surface area (Å²) in [6, 6.07) is 5.43. The van der Waals surface area contributed by atoms with Gasteiger partial charge in [0.1, 0.15) is 12.1 Å². The molecular weight excluding hydrogens is 402 g/mol. The van der Waals surface area contributed by atoms with E-state index in [9.17, 15) is 24.0 Å². The zero-order chi connectivity index (χ0) is 22.6. The maximum Gasteiger partial charge on any atom is 0.353 e. The molecule has 1 saturated heterocycles. The summed E-state index contributed by atoms with van der Waals surface area (Å²) in [4.78, 5) is 68.3. The van der Waals surface area contributed by atoms with Gasteiger partial charge in [-0.1, -0.05) is 38.0 Å². The van der Waals surface area contributed by atoms with Crippen molar-refractivity contribution in [3.8, 4) is 0 Å². The number of hydroxylamine groups is 2. The predicted octanol–water partition coefficient (Wildman–Crippen LogP) is 2.27. The maximum atomic E-state index is 13.0. The Hall–Kier alpha value is -3.23. The summed E-state index contributed by atoms with van der Waals surface area (Å²) in [6.07, 6.45) is 2.60. The van der Waals surface area contributed by atoms with E-state index < -0.39 is 41.8 Å². The first-order valence-electron chi connectivity index (χ1n) is 10.4. The van der Waals surface area contributed by atoms with Crippen molar-refractivity contribution in [2.24, 2.45) is 11.3 Å². The normalized spacial score (nSPS) is 25.8. The fourth-order valence-electron chi connectivity index (χ4n) is 4.65. The van der Waals surface area contributed by atoms with Crippen molar-refractivity contribution in [1.29, 1.82) is 0 Å². The van der Waals surface area contributed by atoms with Crippen molar-refractivity contribution in [2.75, 3.05) is 6.54 Å². The average molecular weight is 427 g/mol. The molecule has 9 heteroatoms. The lowest BCUT2D eigenvalue weighted by molar-refractivity contribution is -0.170. The van der Waals surface area contributed by atoms with Crippen LogP contribution in [0.4, 0.5) is 4.79 Å². The Morgan fingerprint density at radius 1 is 1.06 bits per heavy atom. The average Bonchev–Trinajstić information content (AvgIpc) is 3.08. The molecule has 1 N–H and O–H groups in total. The number of urea groups is 1. The fourth-order valence-corrected chi connectivity index (χ4v) is 4.65. The lowest BCUT2D eigenvalue weighted by atomic mass is 9.67. The van der Waals surface area contributed by atoms with E-state index in [0.717, 1.165) is 17.7 Å². The lowest BCUT2D eigenvalue weighted by Crippen LogP contribution is -2.51. The molecule has 1 saturated carbocycles. The zero-order valence-corrected chi connectivity index (χ0v) is 17.8. The minimum absolute atomic E-state index is 0.114. The molecule has 0 bridgehead atoms. The molecule has 3 aliphatic rings. The number of fused-ring (bicyclic) bond motifs is 1. The minimum Gasteiger partial charge on any atom is -0.328 e. The Kier molecular flexibility index (Phi) is 4.87. The molecule has 164 valence electrons. The summed E-state index contributed by atoms with van der Waals surface area (Å²) in [5.41, 5.74) is -0.632. The number of benzene rings is 1. The number of rotatable bonds is 3. The van der Waals surface area contributed by atoms with E-state index in [4.69, 9.17) is 4.84 Å². The van der Waals surface area contributed by atoms with Crippen LogP contribution < -0.4 is 5.32 Å². The molecule has 9 nitrogen and oxygen atoms in total. The van der Waals surface area contributed by atoms with Crippen molar-refractivity contribution in [3.63, 3.8) is 0 Å². The van der Waals surface area contributed by atoms with Gasteiger partial charge in [-0.25, -0.2) is 9.59 Å². The molecule has 4 rings (SSSR count). The Labute approximate surface area is 179 Å². The van der Waals surface area contributed by atoms with Crippen molar-refractivity contribution < 1.29 is 28.8 Å². The predicted molar refractivity (Wildman–Crippen MR) is 107 cm³/mol. The standard InChI is InChI=1S/C22H25N3O6/c1-21(2,3)13-8-10-22(11-9-13)19(29)24(20(30)23-22)12-16(26)31-25-17(27)14-6-4-5-7-15(14)18(25)28/h4-7,13H,8-12H2,1-3H3,(H,23,30). The molecule has 2 aliphatic heterocycles. The van der Waals surface area contributed by atoms with E-state index >= 15 is 0 Å². The van der Waals surface area contributed by atoms with Crippen LogP contribution in [0.15, 0.2) is 24.3 Å². The van der Waals surface area contributed by atoms with Crippen LogP contribution in [0.3, 0.4) is 0 Å². The third-order valence-corrected chi connectivity index (χ3v) is 6.55. The van der Waals surface area contributed by atoms with Crippen molar-refractivity contribution in [1.82, 2.24) is 15.3 Å². The quantitative estimate of drug-likeness (QED) is 0.585. The number of nitrogens with one attached hydrogen (secondary N) is 1. The van der Waals surface area contributed by atoms with Crippen molar-refractivity contribution >= 4 is 29.7 Å². The van der Waals surface area contributed by atoms with Crippen LogP contribution in [0.5, 0.6) is 0 Å².